The van der Waals surface area contributed by atoms with E-state index in [0.717, 1.165) is 11.5 Å². The number of amides is 1. The molecule has 1 rings (SSSR count). The number of carbonyl (C=O) groups excluding carboxylic acids is 1. The highest BCUT2D eigenvalue weighted by Crippen LogP contribution is 2.26. The van der Waals surface area contributed by atoms with Crippen LogP contribution in [0.25, 0.3) is 0 Å². The van der Waals surface area contributed by atoms with Crippen LogP contribution in [0.3, 0.4) is 0 Å². The second kappa shape index (κ2) is 5.91. The van der Waals surface area contributed by atoms with E-state index in [1.807, 2.05) is 20.8 Å². The molecule has 1 heterocycles. The van der Waals surface area contributed by atoms with Gasteiger partial charge in [0.1, 0.15) is 10.4 Å². The zero-order valence-corrected chi connectivity index (χ0v) is 12.0. The summed E-state index contributed by atoms with van der Waals surface area (Å²) < 4.78 is 3.76. The maximum Gasteiger partial charge on any atom is 0.265 e. The topological polar surface area (TPSA) is 116 Å². The molecule has 8 heteroatoms. The van der Waals surface area contributed by atoms with Crippen LogP contribution in [-0.2, 0) is 5.41 Å². The standard InChI is InChI=1S/C11H19N3O4S/c1-10(2,3)8-7(19-14-13-8)9(18)12-11(4-15,5-16)6-17/h15-17H,4-6H2,1-3H3,(H,12,18). The Bertz CT molecular complexity index is 429. The van der Waals surface area contributed by atoms with Gasteiger partial charge in [-0.15, -0.1) is 5.10 Å². The van der Waals surface area contributed by atoms with Gasteiger partial charge in [0.2, 0.25) is 0 Å². The van der Waals surface area contributed by atoms with E-state index in [2.05, 4.69) is 14.9 Å². The molecule has 1 amide bonds. The zero-order chi connectivity index (χ0) is 14.7. The van der Waals surface area contributed by atoms with E-state index < -0.39 is 31.3 Å². The molecule has 0 unspecified atom stereocenters. The SMILES string of the molecule is CC(C)(C)c1nnsc1C(=O)NC(CO)(CO)CO. The lowest BCUT2D eigenvalue weighted by molar-refractivity contribution is 0.0376. The first kappa shape index (κ1) is 16.0. The Morgan fingerprint density at radius 3 is 2.16 bits per heavy atom. The second-order valence-electron chi connectivity index (χ2n) is 5.41. The van der Waals surface area contributed by atoms with Crippen molar-refractivity contribution in [1.82, 2.24) is 14.9 Å². The summed E-state index contributed by atoms with van der Waals surface area (Å²) in [5.74, 6) is -0.517. The number of nitrogens with zero attached hydrogens (tertiary/aromatic N) is 2. The molecule has 0 radical (unpaired) electrons. The second-order valence-corrected chi connectivity index (χ2v) is 6.16. The van der Waals surface area contributed by atoms with E-state index in [4.69, 9.17) is 0 Å². The van der Waals surface area contributed by atoms with Crippen molar-refractivity contribution in [2.75, 3.05) is 19.8 Å². The summed E-state index contributed by atoms with van der Waals surface area (Å²) >= 11 is 0.939. The van der Waals surface area contributed by atoms with Gasteiger partial charge < -0.3 is 20.6 Å². The van der Waals surface area contributed by atoms with Crippen molar-refractivity contribution in [1.29, 1.82) is 0 Å². The molecule has 0 aromatic carbocycles. The van der Waals surface area contributed by atoms with Gasteiger partial charge in [0.05, 0.1) is 25.5 Å². The minimum atomic E-state index is -1.45. The number of carbonyl (C=O) groups is 1. The van der Waals surface area contributed by atoms with Gasteiger partial charge in [-0.25, -0.2) is 0 Å². The molecular weight excluding hydrogens is 270 g/mol. The fraction of sp³-hybridized carbons (Fsp3) is 0.727. The Kier molecular flexibility index (Phi) is 4.97. The Hall–Kier alpha value is -1.09. The van der Waals surface area contributed by atoms with Gasteiger partial charge in [0.25, 0.3) is 5.91 Å². The van der Waals surface area contributed by atoms with Crippen LogP contribution in [0.1, 0.15) is 36.1 Å². The first-order valence-corrected chi connectivity index (χ1v) is 6.55. The molecule has 7 nitrogen and oxygen atoms in total. The molecule has 0 saturated carbocycles. The molecule has 0 atom stereocenters. The van der Waals surface area contributed by atoms with Gasteiger partial charge in [0.15, 0.2) is 0 Å². The fourth-order valence-electron chi connectivity index (χ4n) is 1.40. The highest BCUT2D eigenvalue weighted by molar-refractivity contribution is 7.08. The molecule has 1 aromatic rings. The summed E-state index contributed by atoms with van der Waals surface area (Å²) in [7, 11) is 0. The molecule has 0 aliphatic rings. The highest BCUT2D eigenvalue weighted by atomic mass is 32.1. The summed E-state index contributed by atoms with van der Waals surface area (Å²) in [6, 6.07) is 0. The lowest BCUT2D eigenvalue weighted by atomic mass is 9.91. The molecule has 0 bridgehead atoms. The lowest BCUT2D eigenvalue weighted by Crippen LogP contribution is -2.57. The van der Waals surface area contributed by atoms with Crippen molar-refractivity contribution in [2.24, 2.45) is 0 Å². The Morgan fingerprint density at radius 1 is 1.21 bits per heavy atom. The smallest absolute Gasteiger partial charge is 0.265 e. The molecular formula is C11H19N3O4S. The Labute approximate surface area is 115 Å². The van der Waals surface area contributed by atoms with Crippen LogP contribution >= 0.6 is 11.5 Å². The van der Waals surface area contributed by atoms with Crippen molar-refractivity contribution in [3.63, 3.8) is 0 Å². The summed E-state index contributed by atoms with van der Waals surface area (Å²) in [5, 5.41) is 33.9. The van der Waals surface area contributed by atoms with Crippen LogP contribution in [0.15, 0.2) is 0 Å². The monoisotopic (exact) mass is 289 g/mol. The third-order valence-electron chi connectivity index (χ3n) is 2.69. The average molecular weight is 289 g/mol. The fourth-order valence-corrected chi connectivity index (χ4v) is 2.17. The molecule has 108 valence electrons. The molecule has 0 spiro atoms. The summed E-state index contributed by atoms with van der Waals surface area (Å²) in [5.41, 5.74) is -1.26. The van der Waals surface area contributed by atoms with Gasteiger partial charge in [-0.3, -0.25) is 4.79 Å². The quantitative estimate of drug-likeness (QED) is 0.568. The van der Waals surface area contributed by atoms with Gasteiger partial charge in [-0.2, -0.15) is 0 Å². The molecule has 1 aromatic heterocycles. The summed E-state index contributed by atoms with van der Waals surface area (Å²) in [6.45, 7) is 4.00. The average Bonchev–Trinajstić information content (AvgIpc) is 2.85. The largest absolute Gasteiger partial charge is 0.394 e. The number of hydrogen-bond donors (Lipinski definition) is 4. The van der Waals surface area contributed by atoms with Crippen LogP contribution in [0.5, 0.6) is 0 Å². The maximum atomic E-state index is 12.2. The minimum Gasteiger partial charge on any atom is -0.394 e. The van der Waals surface area contributed by atoms with E-state index in [1.54, 1.807) is 0 Å². The van der Waals surface area contributed by atoms with Crippen molar-refractivity contribution < 1.29 is 20.1 Å². The van der Waals surface area contributed by atoms with Crippen LogP contribution in [0, 0.1) is 0 Å². The summed E-state index contributed by atoms with van der Waals surface area (Å²) in [4.78, 5) is 12.5. The van der Waals surface area contributed by atoms with E-state index in [0.29, 0.717) is 10.6 Å². The number of aliphatic hydroxyl groups is 3. The van der Waals surface area contributed by atoms with Crippen molar-refractivity contribution in [3.05, 3.63) is 10.6 Å². The zero-order valence-electron chi connectivity index (χ0n) is 11.2. The number of aromatic nitrogens is 2. The van der Waals surface area contributed by atoms with Crippen molar-refractivity contribution in [3.8, 4) is 0 Å². The number of aliphatic hydroxyl groups excluding tert-OH is 3. The highest BCUT2D eigenvalue weighted by Gasteiger charge is 2.33. The van der Waals surface area contributed by atoms with Gasteiger partial charge >= 0.3 is 0 Å². The van der Waals surface area contributed by atoms with Gasteiger partial charge in [-0.1, -0.05) is 25.3 Å². The molecule has 0 fully saturated rings. The Morgan fingerprint density at radius 2 is 1.74 bits per heavy atom. The Balaban J connectivity index is 2.99. The van der Waals surface area contributed by atoms with E-state index in [9.17, 15) is 20.1 Å². The maximum absolute atomic E-state index is 12.2. The van der Waals surface area contributed by atoms with Crippen LogP contribution < -0.4 is 5.32 Å². The van der Waals surface area contributed by atoms with E-state index in [-0.39, 0.29) is 5.41 Å². The van der Waals surface area contributed by atoms with Crippen LogP contribution in [-0.4, -0.2) is 56.2 Å². The molecule has 19 heavy (non-hydrogen) atoms. The number of hydrogen-bond acceptors (Lipinski definition) is 7. The first-order valence-electron chi connectivity index (χ1n) is 5.77. The summed E-state index contributed by atoms with van der Waals surface area (Å²) in [6.07, 6.45) is 0. The van der Waals surface area contributed by atoms with E-state index >= 15 is 0 Å². The van der Waals surface area contributed by atoms with Gasteiger partial charge in [0, 0.05) is 5.41 Å². The van der Waals surface area contributed by atoms with E-state index in [1.165, 1.54) is 0 Å². The molecule has 0 aliphatic carbocycles. The van der Waals surface area contributed by atoms with Crippen molar-refractivity contribution in [2.45, 2.75) is 31.7 Å². The van der Waals surface area contributed by atoms with Crippen LogP contribution in [0.2, 0.25) is 0 Å². The molecule has 4 N–H and O–H groups in total. The lowest BCUT2D eigenvalue weighted by Gasteiger charge is -2.28. The first-order chi connectivity index (χ1) is 8.79. The third-order valence-corrected chi connectivity index (χ3v) is 3.42. The molecule has 0 saturated heterocycles. The minimum absolute atomic E-state index is 0.312. The van der Waals surface area contributed by atoms with Gasteiger partial charge in [-0.05, 0) is 11.5 Å². The van der Waals surface area contributed by atoms with Crippen molar-refractivity contribution >= 4 is 17.4 Å². The number of rotatable bonds is 5. The van der Waals surface area contributed by atoms with Crippen LogP contribution in [0.4, 0.5) is 0 Å². The number of nitrogens with one attached hydrogen (secondary N) is 1. The normalized spacial score (nSPS) is 12.5. The predicted octanol–water partition coefficient (Wildman–Crippen LogP) is -0.719. The third kappa shape index (κ3) is 3.47. The molecule has 0 aliphatic heterocycles. The predicted molar refractivity (Wildman–Crippen MR) is 70.1 cm³/mol.